The molecule has 2 unspecified atom stereocenters. The van der Waals surface area contributed by atoms with Gasteiger partial charge in [-0.15, -0.1) is 0 Å². The second-order valence-corrected chi connectivity index (χ2v) is 5.46. The topological polar surface area (TPSA) is 85.6 Å². The lowest BCUT2D eigenvalue weighted by atomic mass is 9.89. The SMILES string of the molecule is N#Cc1ccc(C(CC(O)c2ccc(F)cc2)c2ncn[nH]2)cc1. The van der Waals surface area contributed by atoms with Gasteiger partial charge in [-0.25, -0.2) is 9.37 Å². The number of H-pyrrole nitrogens is 1. The molecule has 24 heavy (non-hydrogen) atoms. The summed E-state index contributed by atoms with van der Waals surface area (Å²) < 4.78 is 13.0. The zero-order valence-electron chi connectivity index (χ0n) is 12.7. The van der Waals surface area contributed by atoms with Crippen molar-refractivity contribution in [2.75, 3.05) is 0 Å². The van der Waals surface area contributed by atoms with Crippen LogP contribution in [0.2, 0.25) is 0 Å². The second kappa shape index (κ2) is 7.02. The van der Waals surface area contributed by atoms with Gasteiger partial charge in [-0.2, -0.15) is 10.4 Å². The van der Waals surface area contributed by atoms with E-state index < -0.39 is 6.10 Å². The first kappa shape index (κ1) is 15.8. The summed E-state index contributed by atoms with van der Waals surface area (Å²) in [7, 11) is 0. The van der Waals surface area contributed by atoms with Crippen LogP contribution in [-0.2, 0) is 0 Å². The average Bonchev–Trinajstić information content (AvgIpc) is 3.14. The van der Waals surface area contributed by atoms with Crippen molar-refractivity contribution in [1.29, 1.82) is 5.26 Å². The fourth-order valence-electron chi connectivity index (χ4n) is 2.62. The van der Waals surface area contributed by atoms with E-state index in [1.165, 1.54) is 18.5 Å². The van der Waals surface area contributed by atoms with Crippen LogP contribution in [0, 0.1) is 17.1 Å². The molecule has 0 saturated carbocycles. The van der Waals surface area contributed by atoms with Crippen molar-refractivity contribution in [3.63, 3.8) is 0 Å². The third kappa shape index (κ3) is 3.47. The molecule has 0 bridgehead atoms. The Kier molecular flexibility index (Phi) is 4.64. The monoisotopic (exact) mass is 322 g/mol. The molecule has 0 spiro atoms. The Labute approximate surface area is 138 Å². The third-order valence-electron chi connectivity index (χ3n) is 3.92. The van der Waals surface area contributed by atoms with Crippen LogP contribution in [0.15, 0.2) is 54.9 Å². The van der Waals surface area contributed by atoms with Gasteiger partial charge in [0, 0.05) is 5.92 Å². The van der Waals surface area contributed by atoms with E-state index in [4.69, 9.17) is 5.26 Å². The minimum atomic E-state index is -0.781. The predicted octanol–water partition coefficient (Wildman–Crippen LogP) is 3.07. The summed E-state index contributed by atoms with van der Waals surface area (Å²) in [6, 6.07) is 15.0. The predicted molar refractivity (Wildman–Crippen MR) is 85.4 cm³/mol. The Hall–Kier alpha value is -3.04. The maximum atomic E-state index is 13.0. The standard InChI is InChI=1S/C18H15FN4O/c19-15-7-5-14(6-8-15)17(24)9-16(18-21-11-22-23-18)13-3-1-12(10-20)2-4-13/h1-8,11,16-17,24H,9H2,(H,21,22,23). The number of rotatable bonds is 5. The zero-order chi connectivity index (χ0) is 16.9. The van der Waals surface area contributed by atoms with Crippen LogP contribution in [0.4, 0.5) is 4.39 Å². The van der Waals surface area contributed by atoms with E-state index in [1.807, 2.05) is 12.1 Å². The number of aliphatic hydroxyl groups excluding tert-OH is 1. The maximum Gasteiger partial charge on any atom is 0.137 e. The molecule has 0 radical (unpaired) electrons. The van der Waals surface area contributed by atoms with E-state index >= 15 is 0 Å². The molecule has 3 rings (SSSR count). The summed E-state index contributed by atoms with van der Waals surface area (Å²) in [6.07, 6.45) is 0.986. The van der Waals surface area contributed by atoms with E-state index in [2.05, 4.69) is 21.3 Å². The lowest BCUT2D eigenvalue weighted by molar-refractivity contribution is 0.161. The number of nitrogens with one attached hydrogen (secondary N) is 1. The molecule has 2 N–H and O–H groups in total. The first-order valence-electron chi connectivity index (χ1n) is 7.46. The zero-order valence-corrected chi connectivity index (χ0v) is 12.7. The molecular weight excluding hydrogens is 307 g/mol. The number of hydrogen-bond acceptors (Lipinski definition) is 4. The number of benzene rings is 2. The van der Waals surface area contributed by atoms with Crippen molar-refractivity contribution >= 4 is 0 Å². The Morgan fingerprint density at radius 1 is 1.08 bits per heavy atom. The fourth-order valence-corrected chi connectivity index (χ4v) is 2.62. The molecule has 120 valence electrons. The smallest absolute Gasteiger partial charge is 0.137 e. The van der Waals surface area contributed by atoms with Crippen LogP contribution in [0.5, 0.6) is 0 Å². The molecule has 0 amide bonds. The lowest BCUT2D eigenvalue weighted by Crippen LogP contribution is -2.10. The van der Waals surface area contributed by atoms with Gasteiger partial charge in [0.2, 0.25) is 0 Å². The van der Waals surface area contributed by atoms with E-state index in [9.17, 15) is 9.50 Å². The third-order valence-corrected chi connectivity index (χ3v) is 3.92. The number of aromatic amines is 1. The Morgan fingerprint density at radius 3 is 2.33 bits per heavy atom. The van der Waals surface area contributed by atoms with Crippen LogP contribution in [-0.4, -0.2) is 20.3 Å². The number of aliphatic hydroxyl groups is 1. The van der Waals surface area contributed by atoms with Gasteiger partial charge < -0.3 is 5.11 Å². The second-order valence-electron chi connectivity index (χ2n) is 5.46. The number of aromatic nitrogens is 3. The van der Waals surface area contributed by atoms with Crippen LogP contribution in [0.25, 0.3) is 0 Å². The van der Waals surface area contributed by atoms with Crippen molar-refractivity contribution in [3.05, 3.63) is 83.2 Å². The summed E-state index contributed by atoms with van der Waals surface area (Å²) in [5.41, 5.74) is 2.11. The van der Waals surface area contributed by atoms with Crippen LogP contribution in [0.3, 0.4) is 0 Å². The molecule has 0 saturated heterocycles. The lowest BCUT2D eigenvalue weighted by Gasteiger charge is -2.19. The minimum absolute atomic E-state index is 0.222. The summed E-state index contributed by atoms with van der Waals surface area (Å²) in [5, 5.41) is 26.1. The van der Waals surface area contributed by atoms with Gasteiger partial charge in [-0.1, -0.05) is 24.3 Å². The van der Waals surface area contributed by atoms with Gasteiger partial charge >= 0.3 is 0 Å². The molecule has 0 aliphatic carbocycles. The van der Waals surface area contributed by atoms with Crippen molar-refractivity contribution in [2.24, 2.45) is 0 Å². The van der Waals surface area contributed by atoms with Crippen molar-refractivity contribution in [3.8, 4) is 6.07 Å². The van der Waals surface area contributed by atoms with Gasteiger partial charge in [-0.3, -0.25) is 5.10 Å². The van der Waals surface area contributed by atoms with Gasteiger partial charge in [0.1, 0.15) is 18.0 Å². The number of nitrogens with zero attached hydrogens (tertiary/aromatic N) is 3. The highest BCUT2D eigenvalue weighted by molar-refractivity contribution is 5.35. The van der Waals surface area contributed by atoms with Crippen molar-refractivity contribution in [2.45, 2.75) is 18.4 Å². The molecule has 6 heteroatoms. The number of nitriles is 1. The molecule has 0 aliphatic rings. The highest BCUT2D eigenvalue weighted by Crippen LogP contribution is 2.32. The molecule has 1 heterocycles. The van der Waals surface area contributed by atoms with Gasteiger partial charge in [0.25, 0.3) is 0 Å². The molecule has 0 fully saturated rings. The largest absolute Gasteiger partial charge is 0.388 e. The van der Waals surface area contributed by atoms with E-state index in [1.54, 1.807) is 24.3 Å². The van der Waals surface area contributed by atoms with Crippen LogP contribution >= 0.6 is 0 Å². The number of hydrogen-bond donors (Lipinski definition) is 2. The molecule has 2 atom stereocenters. The first-order valence-corrected chi connectivity index (χ1v) is 7.46. The Morgan fingerprint density at radius 2 is 1.75 bits per heavy atom. The highest BCUT2D eigenvalue weighted by atomic mass is 19.1. The molecular formula is C18H15FN4O. The Balaban J connectivity index is 1.87. The maximum absolute atomic E-state index is 13.0. The van der Waals surface area contributed by atoms with Gasteiger partial charge in [0.15, 0.2) is 0 Å². The van der Waals surface area contributed by atoms with Crippen molar-refractivity contribution < 1.29 is 9.50 Å². The summed E-state index contributed by atoms with van der Waals surface area (Å²) >= 11 is 0. The number of halogens is 1. The van der Waals surface area contributed by atoms with E-state index in [0.29, 0.717) is 23.4 Å². The van der Waals surface area contributed by atoms with Crippen molar-refractivity contribution in [1.82, 2.24) is 15.2 Å². The minimum Gasteiger partial charge on any atom is -0.388 e. The molecule has 2 aromatic carbocycles. The molecule has 0 aliphatic heterocycles. The van der Waals surface area contributed by atoms with Gasteiger partial charge in [-0.05, 0) is 41.8 Å². The highest BCUT2D eigenvalue weighted by Gasteiger charge is 2.22. The van der Waals surface area contributed by atoms with E-state index in [-0.39, 0.29) is 11.7 Å². The summed E-state index contributed by atoms with van der Waals surface area (Å²) in [6.45, 7) is 0. The fraction of sp³-hybridized carbons (Fsp3) is 0.167. The van der Waals surface area contributed by atoms with Gasteiger partial charge in [0.05, 0.1) is 17.7 Å². The molecule has 3 aromatic rings. The van der Waals surface area contributed by atoms with Crippen LogP contribution in [0.1, 0.15) is 41.0 Å². The normalized spacial score (nSPS) is 13.2. The average molecular weight is 322 g/mol. The summed E-state index contributed by atoms with van der Waals surface area (Å²) in [5.74, 6) is 0.0611. The first-order chi connectivity index (χ1) is 11.7. The molecule has 5 nitrogen and oxygen atoms in total. The van der Waals surface area contributed by atoms with E-state index in [0.717, 1.165) is 5.56 Å². The Bertz CT molecular complexity index is 823. The quantitative estimate of drug-likeness (QED) is 0.756. The van der Waals surface area contributed by atoms with Crippen LogP contribution < -0.4 is 0 Å². The summed E-state index contributed by atoms with van der Waals surface area (Å²) in [4.78, 5) is 4.19. The molecule has 1 aromatic heterocycles.